The number of nitrogens with one attached hydrogen (secondary N) is 1. The Hall–Kier alpha value is -1.55. The van der Waals surface area contributed by atoms with Gasteiger partial charge in [0.05, 0.1) is 19.8 Å². The minimum absolute atomic E-state index is 0.0999. The summed E-state index contributed by atoms with van der Waals surface area (Å²) in [5.41, 5.74) is 1.55. The molecule has 2 rings (SSSR count). The predicted octanol–water partition coefficient (Wildman–Crippen LogP) is 2.19. The van der Waals surface area contributed by atoms with Crippen LogP contribution in [0.4, 0.5) is 0 Å². The molecule has 1 aromatic rings. The van der Waals surface area contributed by atoms with Gasteiger partial charge < -0.3 is 14.8 Å². The number of carbonyl (C=O) groups excluding carboxylic acids is 1. The third kappa shape index (κ3) is 2.73. The average Bonchev–Trinajstić information content (AvgIpc) is 2.47. The van der Waals surface area contributed by atoms with Gasteiger partial charge in [0.1, 0.15) is 11.5 Å². The zero-order valence-corrected chi connectivity index (χ0v) is 11.8. The Kier molecular flexibility index (Phi) is 4.43. The first kappa shape index (κ1) is 13.9. The van der Waals surface area contributed by atoms with E-state index >= 15 is 0 Å². The van der Waals surface area contributed by atoms with E-state index in [1.54, 1.807) is 14.2 Å². The maximum atomic E-state index is 12.6. The van der Waals surface area contributed by atoms with E-state index < -0.39 is 0 Å². The van der Waals surface area contributed by atoms with E-state index in [0.29, 0.717) is 11.3 Å². The smallest absolute Gasteiger partial charge is 0.169 e. The molecule has 1 heterocycles. The number of piperidine rings is 1. The number of ether oxygens (including phenoxy) is 2. The van der Waals surface area contributed by atoms with Crippen LogP contribution in [0, 0.1) is 12.8 Å². The third-order valence-corrected chi connectivity index (χ3v) is 3.76. The van der Waals surface area contributed by atoms with Crippen LogP contribution in [-0.2, 0) is 0 Å². The van der Waals surface area contributed by atoms with E-state index in [0.717, 1.165) is 37.2 Å². The van der Waals surface area contributed by atoms with Crippen LogP contribution in [0.5, 0.6) is 11.5 Å². The normalized spacial score (nSPS) is 16.2. The molecule has 0 aromatic heterocycles. The van der Waals surface area contributed by atoms with Crippen molar-refractivity contribution >= 4 is 5.78 Å². The number of rotatable bonds is 4. The highest BCUT2D eigenvalue weighted by Crippen LogP contribution is 2.33. The van der Waals surface area contributed by atoms with Crippen molar-refractivity contribution in [3.8, 4) is 11.5 Å². The van der Waals surface area contributed by atoms with Crippen LogP contribution < -0.4 is 14.8 Å². The van der Waals surface area contributed by atoms with E-state index in [4.69, 9.17) is 9.47 Å². The third-order valence-electron chi connectivity index (χ3n) is 3.76. The Morgan fingerprint density at radius 2 is 1.89 bits per heavy atom. The molecule has 0 amide bonds. The zero-order chi connectivity index (χ0) is 13.8. The van der Waals surface area contributed by atoms with Crippen molar-refractivity contribution in [1.82, 2.24) is 5.32 Å². The Morgan fingerprint density at radius 3 is 2.47 bits per heavy atom. The van der Waals surface area contributed by atoms with Crippen LogP contribution in [0.2, 0.25) is 0 Å². The first-order valence-electron chi connectivity index (χ1n) is 6.65. The SMILES string of the molecule is COc1ccc(C(=O)C2CCNCC2)c(OC)c1C. The summed E-state index contributed by atoms with van der Waals surface area (Å²) in [6.07, 6.45) is 1.79. The molecule has 0 atom stereocenters. The first-order chi connectivity index (χ1) is 9.19. The van der Waals surface area contributed by atoms with Crippen LogP contribution in [0.15, 0.2) is 12.1 Å². The lowest BCUT2D eigenvalue weighted by Crippen LogP contribution is -2.32. The number of hydrogen-bond acceptors (Lipinski definition) is 4. The van der Waals surface area contributed by atoms with Crippen molar-refractivity contribution in [3.05, 3.63) is 23.3 Å². The van der Waals surface area contributed by atoms with Gasteiger partial charge in [0.2, 0.25) is 0 Å². The molecule has 1 aliphatic heterocycles. The Balaban J connectivity index is 2.33. The van der Waals surface area contributed by atoms with Crippen molar-refractivity contribution < 1.29 is 14.3 Å². The topological polar surface area (TPSA) is 47.6 Å². The molecule has 0 bridgehead atoms. The molecule has 19 heavy (non-hydrogen) atoms. The number of ketones is 1. The minimum Gasteiger partial charge on any atom is -0.496 e. The van der Waals surface area contributed by atoms with E-state index in [1.165, 1.54) is 0 Å². The molecule has 4 nitrogen and oxygen atoms in total. The van der Waals surface area contributed by atoms with E-state index in [-0.39, 0.29) is 11.7 Å². The van der Waals surface area contributed by atoms with E-state index in [1.807, 2.05) is 19.1 Å². The summed E-state index contributed by atoms with van der Waals surface area (Å²) >= 11 is 0. The van der Waals surface area contributed by atoms with Gasteiger partial charge in [0.15, 0.2) is 5.78 Å². The van der Waals surface area contributed by atoms with Crippen molar-refractivity contribution in [3.63, 3.8) is 0 Å². The highest BCUT2D eigenvalue weighted by atomic mass is 16.5. The molecule has 1 aromatic carbocycles. The number of carbonyl (C=O) groups is 1. The van der Waals surface area contributed by atoms with Crippen molar-refractivity contribution in [2.45, 2.75) is 19.8 Å². The first-order valence-corrected chi connectivity index (χ1v) is 6.65. The fourth-order valence-corrected chi connectivity index (χ4v) is 2.66. The molecule has 0 radical (unpaired) electrons. The summed E-state index contributed by atoms with van der Waals surface area (Å²) in [5.74, 6) is 1.67. The average molecular weight is 263 g/mol. The molecule has 1 fully saturated rings. The lowest BCUT2D eigenvalue weighted by molar-refractivity contribution is 0.0891. The number of Topliss-reactive ketones (excluding diaryl/α,β-unsaturated/α-hetero) is 1. The molecule has 0 saturated carbocycles. The molecule has 1 N–H and O–H groups in total. The highest BCUT2D eigenvalue weighted by Gasteiger charge is 2.26. The summed E-state index contributed by atoms with van der Waals surface area (Å²) in [7, 11) is 3.22. The van der Waals surface area contributed by atoms with E-state index in [2.05, 4.69) is 5.32 Å². The molecular weight excluding hydrogens is 242 g/mol. The second-order valence-electron chi connectivity index (χ2n) is 4.86. The maximum absolute atomic E-state index is 12.6. The summed E-state index contributed by atoms with van der Waals surface area (Å²) in [6, 6.07) is 3.65. The molecule has 0 spiro atoms. The Labute approximate surface area is 114 Å². The van der Waals surface area contributed by atoms with Crippen LogP contribution in [0.25, 0.3) is 0 Å². The van der Waals surface area contributed by atoms with Crippen LogP contribution in [-0.4, -0.2) is 33.1 Å². The number of benzene rings is 1. The fourth-order valence-electron chi connectivity index (χ4n) is 2.66. The zero-order valence-electron chi connectivity index (χ0n) is 11.8. The number of methoxy groups -OCH3 is 2. The van der Waals surface area contributed by atoms with Crippen molar-refractivity contribution in [2.75, 3.05) is 27.3 Å². The lowest BCUT2D eigenvalue weighted by Gasteiger charge is -2.23. The van der Waals surface area contributed by atoms with Gasteiger partial charge in [-0.1, -0.05) is 0 Å². The Bertz CT molecular complexity index is 465. The standard InChI is InChI=1S/C15H21NO3/c1-10-13(18-2)5-4-12(15(10)19-3)14(17)11-6-8-16-9-7-11/h4-5,11,16H,6-9H2,1-3H3. The van der Waals surface area contributed by atoms with Crippen LogP contribution in [0.3, 0.4) is 0 Å². The van der Waals surface area contributed by atoms with Gasteiger partial charge in [-0.25, -0.2) is 0 Å². The van der Waals surface area contributed by atoms with Gasteiger partial charge in [-0.05, 0) is 45.0 Å². The van der Waals surface area contributed by atoms with Crippen molar-refractivity contribution in [2.24, 2.45) is 5.92 Å². The van der Waals surface area contributed by atoms with Crippen molar-refractivity contribution in [1.29, 1.82) is 0 Å². The lowest BCUT2D eigenvalue weighted by atomic mass is 9.88. The van der Waals surface area contributed by atoms with Crippen LogP contribution >= 0.6 is 0 Å². The van der Waals surface area contributed by atoms with Gasteiger partial charge in [-0.15, -0.1) is 0 Å². The predicted molar refractivity (Wildman–Crippen MR) is 74.2 cm³/mol. The molecule has 4 heteroatoms. The molecule has 104 valence electrons. The summed E-state index contributed by atoms with van der Waals surface area (Å²) in [6.45, 7) is 3.73. The second-order valence-corrected chi connectivity index (χ2v) is 4.86. The fraction of sp³-hybridized carbons (Fsp3) is 0.533. The van der Waals surface area contributed by atoms with Crippen LogP contribution in [0.1, 0.15) is 28.8 Å². The quantitative estimate of drug-likeness (QED) is 0.846. The highest BCUT2D eigenvalue weighted by molar-refractivity contribution is 6.01. The number of hydrogen-bond donors (Lipinski definition) is 1. The molecule has 0 unspecified atom stereocenters. The molecule has 1 aliphatic rings. The minimum atomic E-state index is 0.0999. The summed E-state index contributed by atoms with van der Waals surface area (Å²) < 4.78 is 10.7. The van der Waals surface area contributed by atoms with Gasteiger partial charge in [-0.2, -0.15) is 0 Å². The summed E-state index contributed by atoms with van der Waals surface area (Å²) in [5, 5.41) is 3.28. The molecule has 1 saturated heterocycles. The maximum Gasteiger partial charge on any atom is 0.169 e. The van der Waals surface area contributed by atoms with Gasteiger partial charge in [-0.3, -0.25) is 4.79 Å². The Morgan fingerprint density at radius 1 is 1.21 bits per heavy atom. The second kappa shape index (κ2) is 6.06. The largest absolute Gasteiger partial charge is 0.496 e. The monoisotopic (exact) mass is 263 g/mol. The van der Waals surface area contributed by atoms with Gasteiger partial charge in [0.25, 0.3) is 0 Å². The van der Waals surface area contributed by atoms with Gasteiger partial charge >= 0.3 is 0 Å². The van der Waals surface area contributed by atoms with Gasteiger partial charge in [0, 0.05) is 11.5 Å². The molecule has 0 aliphatic carbocycles. The summed E-state index contributed by atoms with van der Waals surface area (Å²) in [4.78, 5) is 12.6. The van der Waals surface area contributed by atoms with E-state index in [9.17, 15) is 4.79 Å². The molecular formula is C15H21NO3.